The molecule has 1 unspecified atom stereocenters. The summed E-state index contributed by atoms with van der Waals surface area (Å²) in [4.78, 5) is 12.3. The molecule has 6 nitrogen and oxygen atoms in total. The fraction of sp³-hybridized carbons (Fsp3) is 0.278. The van der Waals surface area contributed by atoms with Gasteiger partial charge in [0.15, 0.2) is 11.5 Å². The molecule has 1 atom stereocenters. The van der Waals surface area contributed by atoms with Gasteiger partial charge in [0.05, 0.1) is 21.3 Å². The molecule has 0 heterocycles. The normalized spacial score (nSPS) is 11.5. The van der Waals surface area contributed by atoms with Crippen LogP contribution in [0.5, 0.6) is 17.2 Å². The van der Waals surface area contributed by atoms with E-state index in [1.165, 1.54) is 14.2 Å². The van der Waals surface area contributed by atoms with E-state index >= 15 is 0 Å². The summed E-state index contributed by atoms with van der Waals surface area (Å²) in [5.41, 5.74) is 7.51. The van der Waals surface area contributed by atoms with Gasteiger partial charge in [-0.2, -0.15) is 0 Å². The predicted octanol–water partition coefficient (Wildman–Crippen LogP) is 2.03. The molecule has 0 fully saturated rings. The molecule has 1 amide bonds. The molecule has 2 aromatic carbocycles. The third-order valence-corrected chi connectivity index (χ3v) is 3.68. The van der Waals surface area contributed by atoms with Crippen LogP contribution < -0.4 is 25.3 Å². The molecule has 2 aromatic rings. The predicted molar refractivity (Wildman–Crippen MR) is 91.3 cm³/mol. The van der Waals surface area contributed by atoms with Crippen molar-refractivity contribution in [1.29, 1.82) is 0 Å². The highest BCUT2D eigenvalue weighted by Crippen LogP contribution is 2.39. The Hall–Kier alpha value is -2.73. The summed E-state index contributed by atoms with van der Waals surface area (Å²) in [6.45, 7) is 0.267. The Morgan fingerprint density at radius 1 is 1.00 bits per heavy atom. The first kappa shape index (κ1) is 17.6. The van der Waals surface area contributed by atoms with Gasteiger partial charge in [-0.05, 0) is 17.7 Å². The molecule has 3 N–H and O–H groups in total. The van der Waals surface area contributed by atoms with Crippen molar-refractivity contribution in [2.24, 2.45) is 5.73 Å². The topological polar surface area (TPSA) is 82.8 Å². The van der Waals surface area contributed by atoms with Gasteiger partial charge in [-0.1, -0.05) is 30.3 Å². The van der Waals surface area contributed by atoms with E-state index in [2.05, 4.69) is 5.32 Å². The summed E-state index contributed by atoms with van der Waals surface area (Å²) in [6.07, 6.45) is 0. The van der Waals surface area contributed by atoms with Gasteiger partial charge in [-0.15, -0.1) is 0 Å². The molecule has 0 aliphatic carbocycles. The summed E-state index contributed by atoms with van der Waals surface area (Å²) in [5, 5.41) is 2.82. The summed E-state index contributed by atoms with van der Waals surface area (Å²) < 4.78 is 16.0. The quantitative estimate of drug-likeness (QED) is 0.812. The van der Waals surface area contributed by atoms with E-state index in [0.29, 0.717) is 17.2 Å². The first-order valence-corrected chi connectivity index (χ1v) is 7.48. The van der Waals surface area contributed by atoms with Crippen LogP contribution in [0.25, 0.3) is 0 Å². The molecule has 128 valence electrons. The lowest BCUT2D eigenvalue weighted by Crippen LogP contribution is -2.33. The van der Waals surface area contributed by atoms with Crippen LogP contribution in [0.15, 0.2) is 42.5 Å². The summed E-state index contributed by atoms with van der Waals surface area (Å²) in [5.74, 6) is 1.30. The molecule has 24 heavy (non-hydrogen) atoms. The molecule has 0 saturated heterocycles. The van der Waals surface area contributed by atoms with E-state index in [9.17, 15) is 4.79 Å². The maximum atomic E-state index is 12.3. The second-order valence-corrected chi connectivity index (χ2v) is 5.10. The third kappa shape index (κ3) is 3.78. The SMILES string of the molecule is COc1ccc(CNC(=O)C(N)c2ccccc2)c(OC)c1OC. The zero-order valence-corrected chi connectivity index (χ0v) is 14.0. The number of carbonyl (C=O) groups is 1. The smallest absolute Gasteiger partial charge is 0.241 e. The molecular weight excluding hydrogens is 308 g/mol. The van der Waals surface area contributed by atoms with Gasteiger partial charge in [0.1, 0.15) is 6.04 Å². The zero-order valence-electron chi connectivity index (χ0n) is 14.0. The Morgan fingerprint density at radius 2 is 1.67 bits per heavy atom. The number of amides is 1. The minimum Gasteiger partial charge on any atom is -0.493 e. The summed E-state index contributed by atoms with van der Waals surface area (Å²) >= 11 is 0. The summed E-state index contributed by atoms with van der Waals surface area (Å²) in [6, 6.07) is 12.1. The number of ether oxygens (including phenoxy) is 3. The van der Waals surface area contributed by atoms with Crippen molar-refractivity contribution in [3.05, 3.63) is 53.6 Å². The number of nitrogens with one attached hydrogen (secondary N) is 1. The first-order valence-electron chi connectivity index (χ1n) is 7.48. The number of rotatable bonds is 7. The van der Waals surface area contributed by atoms with Gasteiger partial charge >= 0.3 is 0 Å². The molecule has 0 radical (unpaired) electrons. The Kier molecular flexibility index (Phi) is 6.03. The van der Waals surface area contributed by atoms with E-state index < -0.39 is 6.04 Å². The lowest BCUT2D eigenvalue weighted by Gasteiger charge is -2.17. The fourth-order valence-electron chi connectivity index (χ4n) is 2.41. The van der Waals surface area contributed by atoms with Crippen molar-refractivity contribution in [2.45, 2.75) is 12.6 Å². The maximum Gasteiger partial charge on any atom is 0.241 e. The number of nitrogens with two attached hydrogens (primary N) is 1. The highest BCUT2D eigenvalue weighted by molar-refractivity contribution is 5.83. The zero-order chi connectivity index (χ0) is 17.5. The molecule has 2 rings (SSSR count). The maximum absolute atomic E-state index is 12.3. The second-order valence-electron chi connectivity index (χ2n) is 5.10. The Bertz CT molecular complexity index is 689. The van der Waals surface area contributed by atoms with Crippen molar-refractivity contribution < 1.29 is 19.0 Å². The molecule has 0 aliphatic heterocycles. The van der Waals surface area contributed by atoms with Crippen molar-refractivity contribution in [3.8, 4) is 17.2 Å². The lowest BCUT2D eigenvalue weighted by molar-refractivity contribution is -0.122. The minimum atomic E-state index is -0.725. The van der Waals surface area contributed by atoms with Gasteiger partial charge in [0, 0.05) is 12.1 Å². The second kappa shape index (κ2) is 8.21. The molecule has 0 saturated carbocycles. The molecule has 0 aliphatic rings. The monoisotopic (exact) mass is 330 g/mol. The van der Waals surface area contributed by atoms with E-state index in [-0.39, 0.29) is 12.5 Å². The van der Waals surface area contributed by atoms with Gasteiger partial charge in [-0.25, -0.2) is 0 Å². The standard InChI is InChI=1S/C18H22N2O4/c1-22-14-10-9-13(16(23-2)17(14)24-3)11-20-18(21)15(19)12-7-5-4-6-8-12/h4-10,15H,11,19H2,1-3H3,(H,20,21). The van der Waals surface area contributed by atoms with Crippen molar-refractivity contribution >= 4 is 5.91 Å². The first-order chi connectivity index (χ1) is 11.6. The Morgan fingerprint density at radius 3 is 2.25 bits per heavy atom. The fourth-order valence-corrected chi connectivity index (χ4v) is 2.41. The van der Waals surface area contributed by atoms with Gasteiger partial charge in [-0.3, -0.25) is 4.79 Å². The number of hydrogen-bond donors (Lipinski definition) is 2. The van der Waals surface area contributed by atoms with Crippen LogP contribution >= 0.6 is 0 Å². The largest absolute Gasteiger partial charge is 0.493 e. The van der Waals surface area contributed by atoms with Gasteiger partial charge in [0.2, 0.25) is 11.7 Å². The summed E-state index contributed by atoms with van der Waals surface area (Å²) in [7, 11) is 4.63. The van der Waals surface area contributed by atoms with Gasteiger partial charge in [0.25, 0.3) is 0 Å². The van der Waals surface area contributed by atoms with Crippen molar-refractivity contribution in [2.75, 3.05) is 21.3 Å². The third-order valence-electron chi connectivity index (χ3n) is 3.68. The Balaban J connectivity index is 2.13. The van der Waals surface area contributed by atoms with Crippen LogP contribution in [0.3, 0.4) is 0 Å². The van der Waals surface area contributed by atoms with Crippen LogP contribution in [0.2, 0.25) is 0 Å². The number of carbonyl (C=O) groups excluding carboxylic acids is 1. The highest BCUT2D eigenvalue weighted by atomic mass is 16.5. The van der Waals surface area contributed by atoms with E-state index in [0.717, 1.165) is 11.1 Å². The van der Waals surface area contributed by atoms with Crippen LogP contribution in [0.4, 0.5) is 0 Å². The van der Waals surface area contributed by atoms with Crippen LogP contribution in [0.1, 0.15) is 17.2 Å². The minimum absolute atomic E-state index is 0.266. The average molecular weight is 330 g/mol. The molecular formula is C18H22N2O4. The number of benzene rings is 2. The van der Waals surface area contributed by atoms with Crippen LogP contribution in [-0.4, -0.2) is 27.2 Å². The molecule has 0 aromatic heterocycles. The van der Waals surface area contributed by atoms with E-state index in [4.69, 9.17) is 19.9 Å². The molecule has 6 heteroatoms. The Labute approximate surface area is 141 Å². The molecule has 0 spiro atoms. The van der Waals surface area contributed by atoms with E-state index in [1.54, 1.807) is 13.2 Å². The highest BCUT2D eigenvalue weighted by Gasteiger charge is 2.18. The number of hydrogen-bond acceptors (Lipinski definition) is 5. The van der Waals surface area contributed by atoms with Crippen LogP contribution in [0, 0.1) is 0 Å². The van der Waals surface area contributed by atoms with Crippen molar-refractivity contribution in [1.82, 2.24) is 5.32 Å². The van der Waals surface area contributed by atoms with Crippen LogP contribution in [-0.2, 0) is 11.3 Å². The average Bonchev–Trinajstić information content (AvgIpc) is 2.64. The molecule has 0 bridgehead atoms. The van der Waals surface area contributed by atoms with Crippen molar-refractivity contribution in [3.63, 3.8) is 0 Å². The van der Waals surface area contributed by atoms with Gasteiger partial charge < -0.3 is 25.3 Å². The number of methoxy groups -OCH3 is 3. The lowest BCUT2D eigenvalue weighted by atomic mass is 10.1. The van der Waals surface area contributed by atoms with E-state index in [1.807, 2.05) is 36.4 Å².